The standard InChI is InChI=1S/C25H23Cl2N5O7S/c1-38-25-22(24(33)29-30-11-14-40(36,37)15-12-30)28-23(20-10-7-18(26)16-21(20)27)31(25)19-8-5-17(6-9-19)4-2-3-13-39-32(34)35/h5-10,16H,3,11-15H2,1H3,(H,29,33)/i11D2,12D2,14D2,15D2. The Balaban J connectivity index is 1.83. The van der Waals surface area contributed by atoms with Gasteiger partial charge in [0, 0.05) is 46.5 Å². The van der Waals surface area contributed by atoms with Crippen LogP contribution in [0.4, 0.5) is 0 Å². The number of halogens is 2. The highest BCUT2D eigenvalue weighted by atomic mass is 35.5. The Morgan fingerprint density at radius 1 is 1.23 bits per heavy atom. The van der Waals surface area contributed by atoms with Gasteiger partial charge in [0.05, 0.1) is 29.2 Å². The molecule has 4 rings (SSSR count). The third-order valence-electron chi connectivity index (χ3n) is 4.99. The first-order chi connectivity index (χ1) is 22.1. The van der Waals surface area contributed by atoms with E-state index in [1.54, 1.807) is 17.6 Å². The molecule has 0 aliphatic carbocycles. The van der Waals surface area contributed by atoms with E-state index in [1.165, 1.54) is 34.9 Å². The molecule has 1 saturated heterocycles. The second-order valence-electron chi connectivity index (χ2n) is 7.62. The van der Waals surface area contributed by atoms with Gasteiger partial charge < -0.3 is 9.57 Å². The van der Waals surface area contributed by atoms with Gasteiger partial charge in [-0.1, -0.05) is 35.0 Å². The number of hydrazine groups is 1. The lowest BCUT2D eigenvalue weighted by atomic mass is 10.2. The predicted molar refractivity (Wildman–Crippen MR) is 148 cm³/mol. The van der Waals surface area contributed by atoms with Gasteiger partial charge in [-0.15, -0.1) is 10.1 Å². The van der Waals surface area contributed by atoms with Gasteiger partial charge in [0.2, 0.25) is 5.88 Å². The maximum atomic E-state index is 13.7. The molecule has 0 atom stereocenters. The van der Waals surface area contributed by atoms with E-state index in [9.17, 15) is 23.3 Å². The van der Waals surface area contributed by atoms with Crippen LogP contribution in [0, 0.1) is 22.0 Å². The van der Waals surface area contributed by atoms with Crippen molar-refractivity contribution in [1.29, 1.82) is 0 Å². The van der Waals surface area contributed by atoms with Crippen LogP contribution in [-0.4, -0.2) is 72.1 Å². The third-order valence-corrected chi connectivity index (χ3v) is 6.26. The Hall–Kier alpha value is -3.83. The maximum Gasteiger partial charge on any atom is 0.294 e. The van der Waals surface area contributed by atoms with E-state index in [2.05, 4.69) is 21.7 Å². The molecule has 2 heterocycles. The average Bonchev–Trinajstić information content (AvgIpc) is 3.38. The molecule has 0 bridgehead atoms. The molecule has 0 radical (unpaired) electrons. The Labute approximate surface area is 251 Å². The molecule has 210 valence electrons. The molecule has 15 heteroatoms. The summed E-state index contributed by atoms with van der Waals surface area (Å²) in [5.41, 5.74) is -5.97. The van der Waals surface area contributed by atoms with E-state index >= 15 is 0 Å². The van der Waals surface area contributed by atoms with Crippen LogP contribution < -0.4 is 10.2 Å². The first-order valence-corrected chi connectivity index (χ1v) is 13.2. The summed E-state index contributed by atoms with van der Waals surface area (Å²) in [6.07, 6.45) is 0.0671. The Morgan fingerprint density at radius 3 is 2.55 bits per heavy atom. The SMILES string of the molecule is [2H]C1([2H])N(NC(=O)c2nc(-c3ccc(Cl)cc3Cl)n(-c3ccc(C#CCCO[N+](=O)[O-])cc3)c2OC)C([2H])([2H])C([2H])([2H])S(=O)(=O)C1([2H])[2H]. The van der Waals surface area contributed by atoms with Crippen molar-refractivity contribution in [2.45, 2.75) is 6.42 Å². The average molecular weight is 617 g/mol. The van der Waals surface area contributed by atoms with Crippen molar-refractivity contribution < 1.29 is 38.8 Å². The van der Waals surface area contributed by atoms with E-state index in [0.29, 0.717) is 11.3 Å². The third kappa shape index (κ3) is 7.02. The zero-order valence-electron chi connectivity index (χ0n) is 28.3. The zero-order chi connectivity index (χ0) is 36.0. The molecule has 1 fully saturated rings. The number of sulfone groups is 1. The topological polar surface area (TPSA) is 146 Å². The number of carbonyl (C=O) groups is 1. The monoisotopic (exact) mass is 615 g/mol. The molecule has 12 nitrogen and oxygen atoms in total. The molecule has 0 spiro atoms. The highest BCUT2D eigenvalue weighted by Gasteiger charge is 2.29. The Bertz CT molecular complexity index is 1920. The highest BCUT2D eigenvalue weighted by molar-refractivity contribution is 7.91. The van der Waals surface area contributed by atoms with E-state index < -0.39 is 50.9 Å². The summed E-state index contributed by atoms with van der Waals surface area (Å²) in [7, 11) is -4.64. The minimum Gasteiger partial charge on any atom is -0.480 e. The van der Waals surface area contributed by atoms with E-state index in [-0.39, 0.29) is 45.3 Å². The van der Waals surface area contributed by atoms with E-state index in [4.69, 9.17) is 38.9 Å². The summed E-state index contributed by atoms with van der Waals surface area (Å²) in [6.45, 7) is -7.92. The van der Waals surface area contributed by atoms with Crippen LogP contribution in [0.2, 0.25) is 10.0 Å². The summed E-state index contributed by atoms with van der Waals surface area (Å²) in [4.78, 5) is 32.5. The van der Waals surface area contributed by atoms with Gasteiger partial charge in [0.15, 0.2) is 15.5 Å². The van der Waals surface area contributed by atoms with E-state index in [0.717, 1.165) is 7.11 Å². The van der Waals surface area contributed by atoms with Crippen LogP contribution in [0.1, 0.15) is 33.4 Å². The van der Waals surface area contributed by atoms with Crippen molar-refractivity contribution >= 4 is 38.9 Å². The number of amides is 1. The number of methoxy groups -OCH3 is 1. The summed E-state index contributed by atoms with van der Waals surface area (Å²) < 4.78 is 96.5. The second-order valence-corrected chi connectivity index (χ2v) is 9.87. The molecule has 2 aromatic carbocycles. The van der Waals surface area contributed by atoms with Crippen molar-refractivity contribution in [2.75, 3.05) is 38.1 Å². The molecule has 40 heavy (non-hydrogen) atoms. The van der Waals surface area contributed by atoms with Gasteiger partial charge >= 0.3 is 0 Å². The van der Waals surface area contributed by atoms with Crippen LogP contribution >= 0.6 is 23.2 Å². The van der Waals surface area contributed by atoms with Crippen LogP contribution in [0.5, 0.6) is 5.88 Å². The molecule has 0 saturated carbocycles. The first kappa shape index (κ1) is 20.1. The minimum absolute atomic E-state index is 0.0488. The number of aromatic nitrogens is 2. The number of imidazole rings is 1. The molecule has 0 unspecified atom stereocenters. The highest BCUT2D eigenvalue weighted by Crippen LogP contribution is 2.36. The summed E-state index contributed by atoms with van der Waals surface area (Å²) in [5, 5.41) is 9.30. The lowest BCUT2D eigenvalue weighted by Gasteiger charge is -2.26. The van der Waals surface area contributed by atoms with Crippen molar-refractivity contribution in [3.05, 3.63) is 73.9 Å². The number of nitrogens with zero attached hydrogens (tertiary/aromatic N) is 4. The van der Waals surface area contributed by atoms with Crippen molar-refractivity contribution in [3.63, 3.8) is 0 Å². The van der Waals surface area contributed by atoms with Crippen LogP contribution in [0.15, 0.2) is 42.5 Å². The molecular formula is C25H23Cl2N5O7S. The Morgan fingerprint density at radius 2 is 1.93 bits per heavy atom. The molecule has 1 aromatic heterocycles. The van der Waals surface area contributed by atoms with Gasteiger partial charge in [0.25, 0.3) is 11.0 Å². The molecule has 3 aromatic rings. The fraction of sp³-hybridized carbons (Fsp3) is 0.280. The van der Waals surface area contributed by atoms with E-state index in [1.807, 2.05) is 0 Å². The number of carbonyl (C=O) groups excluding carboxylic acids is 1. The van der Waals surface area contributed by atoms with Crippen molar-refractivity contribution in [2.24, 2.45) is 0 Å². The predicted octanol–water partition coefficient (Wildman–Crippen LogP) is 3.18. The van der Waals surface area contributed by atoms with Gasteiger partial charge in [-0.2, -0.15) is 0 Å². The Kier molecular flexibility index (Phi) is 6.32. The smallest absolute Gasteiger partial charge is 0.294 e. The summed E-state index contributed by atoms with van der Waals surface area (Å²) in [6, 6.07) is 10.5. The second kappa shape index (κ2) is 12.6. The minimum atomic E-state index is -5.79. The summed E-state index contributed by atoms with van der Waals surface area (Å²) >= 11 is 12.5. The molecular weight excluding hydrogens is 585 g/mol. The van der Waals surface area contributed by atoms with Gasteiger partial charge in [-0.05, 0) is 42.5 Å². The first-order valence-electron chi connectivity index (χ1n) is 15.0. The van der Waals surface area contributed by atoms with Gasteiger partial charge in [-0.25, -0.2) is 18.4 Å². The van der Waals surface area contributed by atoms with Gasteiger partial charge in [0.1, 0.15) is 12.4 Å². The largest absolute Gasteiger partial charge is 0.480 e. The van der Waals surface area contributed by atoms with Crippen LogP contribution in [0.3, 0.4) is 0 Å². The fourth-order valence-corrected chi connectivity index (χ4v) is 4.30. The number of rotatable bonds is 8. The maximum absolute atomic E-state index is 13.7. The quantitative estimate of drug-likeness (QED) is 0.175. The lowest BCUT2D eigenvalue weighted by molar-refractivity contribution is -0.757. The fourth-order valence-electron chi connectivity index (χ4n) is 3.34. The molecule has 1 amide bonds. The van der Waals surface area contributed by atoms with Crippen molar-refractivity contribution in [1.82, 2.24) is 20.0 Å². The van der Waals surface area contributed by atoms with Crippen LogP contribution in [0.25, 0.3) is 17.1 Å². The normalized spacial score (nSPS) is 22.6. The number of hydrogen-bond donors (Lipinski definition) is 1. The zero-order valence-corrected chi connectivity index (χ0v) is 22.6. The molecule has 1 aliphatic heterocycles. The number of nitrogens with one attached hydrogen (secondary N) is 1. The lowest BCUT2D eigenvalue weighted by Crippen LogP contribution is -2.50. The molecule has 1 N–H and O–H groups in total. The number of benzene rings is 2. The summed E-state index contributed by atoms with van der Waals surface area (Å²) in [5.74, 6) is 3.70. The number of hydrogen-bond acceptors (Lipinski definition) is 9. The van der Waals surface area contributed by atoms with Crippen molar-refractivity contribution in [3.8, 4) is 34.8 Å². The van der Waals surface area contributed by atoms with Gasteiger partial charge in [-0.3, -0.25) is 14.8 Å². The number of ether oxygens (including phenoxy) is 1. The molecule has 1 aliphatic rings. The van der Waals surface area contributed by atoms with Crippen LogP contribution in [-0.2, 0) is 14.7 Å².